The maximum absolute atomic E-state index is 12.0. The minimum absolute atomic E-state index is 0.130. The summed E-state index contributed by atoms with van der Waals surface area (Å²) in [4.78, 5) is 16.8. The number of nitrogen functional groups attached to an aromatic ring is 1. The van der Waals surface area contributed by atoms with Crippen molar-refractivity contribution in [2.45, 2.75) is 5.16 Å². The molecule has 0 atom stereocenters. The van der Waals surface area contributed by atoms with Gasteiger partial charge < -0.3 is 11.2 Å². The number of carbonyl (C=O) groups is 1. The van der Waals surface area contributed by atoms with Crippen molar-refractivity contribution in [3.63, 3.8) is 0 Å². The molecule has 3 heterocycles. The van der Waals surface area contributed by atoms with Crippen LogP contribution in [0.3, 0.4) is 0 Å². The average Bonchev–Trinajstić information content (AvgIpc) is 3.17. The molecule has 0 bridgehead atoms. The minimum Gasteiger partial charge on any atom is -0.335 e. The summed E-state index contributed by atoms with van der Waals surface area (Å²) >= 11 is 8.60. The van der Waals surface area contributed by atoms with E-state index in [2.05, 4.69) is 20.5 Å². The van der Waals surface area contributed by atoms with Crippen LogP contribution in [0.15, 0.2) is 41.0 Å². The van der Waals surface area contributed by atoms with Crippen molar-refractivity contribution in [3.8, 4) is 10.7 Å². The number of pyridine rings is 1. The summed E-state index contributed by atoms with van der Waals surface area (Å²) in [7, 11) is 0. The molecule has 23 heavy (non-hydrogen) atoms. The van der Waals surface area contributed by atoms with Crippen molar-refractivity contribution in [1.29, 1.82) is 0 Å². The highest BCUT2D eigenvalue weighted by molar-refractivity contribution is 7.99. The zero-order valence-corrected chi connectivity index (χ0v) is 14.0. The third-order valence-electron chi connectivity index (χ3n) is 2.77. The Balaban J connectivity index is 1.63. The Labute approximate surface area is 144 Å². The number of halogens is 1. The van der Waals surface area contributed by atoms with Gasteiger partial charge in [0.2, 0.25) is 11.1 Å². The van der Waals surface area contributed by atoms with Gasteiger partial charge in [-0.2, -0.15) is 0 Å². The van der Waals surface area contributed by atoms with Gasteiger partial charge in [-0.15, -0.1) is 21.5 Å². The van der Waals surface area contributed by atoms with Crippen LogP contribution in [0, 0.1) is 0 Å². The summed E-state index contributed by atoms with van der Waals surface area (Å²) in [5.41, 5.74) is 0.466. The molecule has 3 aromatic heterocycles. The molecule has 0 saturated heterocycles. The van der Waals surface area contributed by atoms with Gasteiger partial charge in [-0.05, 0) is 23.6 Å². The van der Waals surface area contributed by atoms with Crippen molar-refractivity contribution < 1.29 is 4.79 Å². The number of amides is 1. The van der Waals surface area contributed by atoms with Gasteiger partial charge in [-0.3, -0.25) is 4.79 Å². The van der Waals surface area contributed by atoms with Gasteiger partial charge in [0.05, 0.1) is 16.3 Å². The number of nitrogens with zero attached hydrogens (tertiary/aromatic N) is 4. The van der Waals surface area contributed by atoms with E-state index in [1.165, 1.54) is 27.8 Å². The molecule has 3 aromatic rings. The Morgan fingerprint density at radius 3 is 3.00 bits per heavy atom. The number of carbonyl (C=O) groups excluding carboxylic acids is 1. The van der Waals surface area contributed by atoms with E-state index in [1.807, 2.05) is 17.5 Å². The van der Waals surface area contributed by atoms with Crippen molar-refractivity contribution in [2.75, 3.05) is 16.9 Å². The zero-order valence-electron chi connectivity index (χ0n) is 11.6. The number of nitrogens with two attached hydrogens (primary N) is 1. The number of hydrogen-bond donors (Lipinski definition) is 2. The second kappa shape index (κ2) is 6.99. The topological polar surface area (TPSA) is 98.7 Å². The van der Waals surface area contributed by atoms with E-state index in [0.717, 1.165) is 4.88 Å². The van der Waals surface area contributed by atoms with E-state index in [-0.39, 0.29) is 16.8 Å². The lowest BCUT2D eigenvalue weighted by molar-refractivity contribution is -0.113. The maximum Gasteiger partial charge on any atom is 0.234 e. The molecule has 0 spiro atoms. The van der Waals surface area contributed by atoms with Gasteiger partial charge in [-0.25, -0.2) is 9.66 Å². The van der Waals surface area contributed by atoms with E-state index >= 15 is 0 Å². The van der Waals surface area contributed by atoms with Crippen LogP contribution in [0.1, 0.15) is 0 Å². The first-order valence-electron chi connectivity index (χ1n) is 6.42. The largest absolute Gasteiger partial charge is 0.335 e. The maximum atomic E-state index is 12.0. The Bertz CT molecular complexity index is 820. The van der Waals surface area contributed by atoms with Crippen molar-refractivity contribution in [2.24, 2.45) is 0 Å². The second-order valence-corrected chi connectivity index (χ2v) is 6.58. The summed E-state index contributed by atoms with van der Waals surface area (Å²) in [5, 5.41) is 13.4. The van der Waals surface area contributed by atoms with Gasteiger partial charge in [-0.1, -0.05) is 29.4 Å². The van der Waals surface area contributed by atoms with E-state index < -0.39 is 0 Å². The number of anilines is 1. The van der Waals surface area contributed by atoms with Crippen molar-refractivity contribution in [3.05, 3.63) is 41.0 Å². The Morgan fingerprint density at radius 2 is 2.26 bits per heavy atom. The zero-order chi connectivity index (χ0) is 16.2. The first-order chi connectivity index (χ1) is 11.1. The van der Waals surface area contributed by atoms with Crippen molar-refractivity contribution in [1.82, 2.24) is 19.9 Å². The van der Waals surface area contributed by atoms with Gasteiger partial charge in [0.15, 0.2) is 11.0 Å². The lowest BCUT2D eigenvalue weighted by Crippen LogP contribution is -2.16. The molecule has 7 nitrogen and oxygen atoms in total. The molecular formula is C13H11ClN6OS2. The summed E-state index contributed by atoms with van der Waals surface area (Å²) in [5.74, 6) is 6.44. The average molecular weight is 367 g/mol. The predicted molar refractivity (Wildman–Crippen MR) is 92.1 cm³/mol. The third kappa shape index (κ3) is 3.63. The number of rotatable bonds is 5. The van der Waals surface area contributed by atoms with Crippen LogP contribution in [0.25, 0.3) is 10.7 Å². The first kappa shape index (κ1) is 15.8. The summed E-state index contributed by atoms with van der Waals surface area (Å²) in [6, 6.07) is 7.19. The summed E-state index contributed by atoms with van der Waals surface area (Å²) < 4.78 is 1.38. The standard InChI is InChI=1S/C13H11ClN6OS2/c14-11-8(3-1-5-16-11)17-10(21)7-23-13-19-18-12(20(13)15)9-4-2-6-22-9/h1-6H,7,15H2,(H,17,21). The van der Waals surface area contributed by atoms with E-state index in [9.17, 15) is 4.79 Å². The van der Waals surface area contributed by atoms with Crippen LogP contribution < -0.4 is 11.2 Å². The highest BCUT2D eigenvalue weighted by atomic mass is 35.5. The molecule has 1 amide bonds. The van der Waals surface area contributed by atoms with Gasteiger partial charge in [0, 0.05) is 6.20 Å². The lowest BCUT2D eigenvalue weighted by atomic mass is 10.4. The van der Waals surface area contributed by atoms with Crippen LogP contribution in [0.4, 0.5) is 5.69 Å². The van der Waals surface area contributed by atoms with E-state index in [1.54, 1.807) is 18.3 Å². The van der Waals surface area contributed by atoms with Gasteiger partial charge in [0.25, 0.3) is 0 Å². The molecular weight excluding hydrogens is 356 g/mol. The number of hydrogen-bond acceptors (Lipinski definition) is 7. The molecule has 0 aliphatic heterocycles. The molecule has 0 radical (unpaired) electrons. The molecule has 0 aliphatic rings. The highest BCUT2D eigenvalue weighted by Gasteiger charge is 2.14. The van der Waals surface area contributed by atoms with Crippen LogP contribution in [-0.2, 0) is 4.79 Å². The number of thioether (sulfide) groups is 1. The predicted octanol–water partition coefficient (Wildman–Crippen LogP) is 2.50. The quantitative estimate of drug-likeness (QED) is 0.409. The molecule has 0 aromatic carbocycles. The molecule has 10 heteroatoms. The molecule has 0 saturated carbocycles. The van der Waals surface area contributed by atoms with Gasteiger partial charge in [0.1, 0.15) is 0 Å². The fourth-order valence-electron chi connectivity index (χ4n) is 1.74. The fraction of sp³-hybridized carbons (Fsp3) is 0.0769. The number of aromatic nitrogens is 4. The summed E-state index contributed by atoms with van der Waals surface area (Å²) in [6.07, 6.45) is 1.55. The minimum atomic E-state index is -0.231. The van der Waals surface area contributed by atoms with Crippen LogP contribution in [-0.4, -0.2) is 31.5 Å². The first-order valence-corrected chi connectivity index (χ1v) is 8.67. The second-order valence-electron chi connectivity index (χ2n) is 4.33. The Morgan fingerprint density at radius 1 is 1.39 bits per heavy atom. The SMILES string of the molecule is Nn1c(SCC(=O)Nc2cccnc2Cl)nnc1-c1cccs1. The number of nitrogens with one attached hydrogen (secondary N) is 1. The van der Waals surface area contributed by atoms with Crippen LogP contribution in [0.2, 0.25) is 5.15 Å². The fourth-order valence-corrected chi connectivity index (χ4v) is 3.27. The highest BCUT2D eigenvalue weighted by Crippen LogP contribution is 2.25. The van der Waals surface area contributed by atoms with Crippen LogP contribution in [0.5, 0.6) is 0 Å². The van der Waals surface area contributed by atoms with E-state index in [0.29, 0.717) is 16.7 Å². The number of thiophene rings is 1. The van der Waals surface area contributed by atoms with Crippen molar-refractivity contribution >= 4 is 46.3 Å². The molecule has 0 fully saturated rings. The normalized spacial score (nSPS) is 10.7. The summed E-state index contributed by atoms with van der Waals surface area (Å²) in [6.45, 7) is 0. The Kier molecular flexibility index (Phi) is 4.79. The lowest BCUT2D eigenvalue weighted by Gasteiger charge is -2.06. The Hall–Kier alpha value is -2.10. The molecule has 118 valence electrons. The molecule has 0 aliphatic carbocycles. The monoisotopic (exact) mass is 366 g/mol. The third-order valence-corrected chi connectivity index (χ3v) is 4.88. The smallest absolute Gasteiger partial charge is 0.234 e. The molecule has 3 rings (SSSR count). The van der Waals surface area contributed by atoms with Gasteiger partial charge >= 0.3 is 0 Å². The molecule has 3 N–H and O–H groups in total. The van der Waals surface area contributed by atoms with Crippen LogP contribution >= 0.6 is 34.7 Å². The van der Waals surface area contributed by atoms with E-state index in [4.69, 9.17) is 17.4 Å². The molecule has 0 unspecified atom stereocenters.